The summed E-state index contributed by atoms with van der Waals surface area (Å²) in [4.78, 5) is 3.32. The number of anilines is 2. The molecule has 3 rings (SSSR count). The Labute approximate surface area is 166 Å². The Morgan fingerprint density at radius 3 is 2.48 bits per heavy atom. The summed E-state index contributed by atoms with van der Waals surface area (Å²) >= 11 is -1.22. The minimum absolute atomic E-state index is 0.136. The smallest absolute Gasteiger partial charge is 0.179 e. The zero-order chi connectivity index (χ0) is 19.6. The second kappa shape index (κ2) is 8.55. The first kappa shape index (κ1) is 20.1. The van der Waals surface area contributed by atoms with Crippen molar-refractivity contribution in [2.45, 2.75) is 45.6 Å². The minimum Gasteiger partial charge on any atom is -0.593 e. The maximum Gasteiger partial charge on any atom is 0.179 e. The zero-order valence-corrected chi connectivity index (χ0v) is 17.8. The average molecular weight is 386 g/mol. The molecule has 1 aliphatic heterocycles. The molecule has 146 valence electrons. The molecule has 4 nitrogen and oxygen atoms in total. The first-order valence-corrected chi connectivity index (χ1v) is 10.9. The maximum atomic E-state index is 13.2. The predicted octanol–water partition coefficient (Wildman–Crippen LogP) is 4.18. The molecule has 0 bridgehead atoms. The average Bonchev–Trinajstić information content (AvgIpc) is 2.60. The Bertz CT molecular complexity index is 770. The number of para-hydroxylation sites is 2. The third-order valence-corrected chi connectivity index (χ3v) is 6.74. The largest absolute Gasteiger partial charge is 0.593 e. The Balaban J connectivity index is 1.78. The fraction of sp³-hybridized carbons (Fsp3) is 0.455. The predicted molar refractivity (Wildman–Crippen MR) is 116 cm³/mol. The van der Waals surface area contributed by atoms with Crippen molar-refractivity contribution in [2.75, 3.05) is 29.9 Å². The van der Waals surface area contributed by atoms with Crippen LogP contribution in [-0.2, 0) is 11.4 Å². The number of fused-ring (bicyclic) bond motifs is 1. The molecule has 5 heteroatoms. The van der Waals surface area contributed by atoms with Crippen LogP contribution in [0.4, 0.5) is 11.4 Å². The first-order chi connectivity index (χ1) is 12.9. The van der Waals surface area contributed by atoms with Crippen LogP contribution in [0.5, 0.6) is 0 Å². The lowest BCUT2D eigenvalue weighted by atomic mass is 10.0. The lowest BCUT2D eigenvalue weighted by Gasteiger charge is -2.36. The molecule has 2 N–H and O–H groups in total. The van der Waals surface area contributed by atoms with Crippen LogP contribution in [0.15, 0.2) is 41.3 Å². The standard InChI is InChI=1S/C22H31N3OS/c1-15(2)20(14-25-11-10-23-19-8-6-7-9-21(19)25)24-27(26)22-17(4)12-16(3)13-18(22)5/h6-9,12-13,15,20,23-24H,10-11,14H2,1-5H3. The Hall–Kier alpha value is -1.69. The summed E-state index contributed by atoms with van der Waals surface area (Å²) in [6.07, 6.45) is 0. The van der Waals surface area contributed by atoms with Crippen LogP contribution < -0.4 is 14.9 Å². The number of nitrogens with one attached hydrogen (secondary N) is 2. The molecular weight excluding hydrogens is 354 g/mol. The van der Waals surface area contributed by atoms with Gasteiger partial charge in [-0.25, -0.2) is 0 Å². The number of rotatable bonds is 6. The maximum absolute atomic E-state index is 13.2. The summed E-state index contributed by atoms with van der Waals surface area (Å²) in [5.41, 5.74) is 5.80. The highest BCUT2D eigenvalue weighted by molar-refractivity contribution is 7.89. The van der Waals surface area contributed by atoms with E-state index in [-0.39, 0.29) is 6.04 Å². The van der Waals surface area contributed by atoms with Gasteiger partial charge >= 0.3 is 0 Å². The summed E-state index contributed by atoms with van der Waals surface area (Å²) in [7, 11) is 0. The van der Waals surface area contributed by atoms with Crippen LogP contribution >= 0.6 is 0 Å². The van der Waals surface area contributed by atoms with Gasteiger partial charge in [-0.1, -0.05) is 43.7 Å². The highest BCUT2D eigenvalue weighted by atomic mass is 32.2. The number of aryl methyl sites for hydroxylation is 3. The summed E-state index contributed by atoms with van der Waals surface area (Å²) in [6, 6.07) is 12.8. The van der Waals surface area contributed by atoms with Crippen LogP contribution in [0.2, 0.25) is 0 Å². The number of nitrogens with zero attached hydrogens (tertiary/aromatic N) is 1. The van der Waals surface area contributed by atoms with Crippen LogP contribution in [-0.4, -0.2) is 30.2 Å². The molecule has 1 aliphatic rings. The van der Waals surface area contributed by atoms with E-state index in [4.69, 9.17) is 0 Å². The molecular formula is C22H31N3OS. The molecule has 2 atom stereocenters. The van der Waals surface area contributed by atoms with Crippen molar-refractivity contribution < 1.29 is 4.55 Å². The van der Waals surface area contributed by atoms with Gasteiger partial charge in [-0.2, -0.15) is 0 Å². The third kappa shape index (κ3) is 4.60. The van der Waals surface area contributed by atoms with Gasteiger partial charge in [-0.15, -0.1) is 4.72 Å². The lowest BCUT2D eigenvalue weighted by Crippen LogP contribution is -2.49. The van der Waals surface area contributed by atoms with Crippen molar-refractivity contribution >= 4 is 22.7 Å². The molecule has 0 fully saturated rings. The molecule has 2 unspecified atom stereocenters. The molecule has 0 spiro atoms. The van der Waals surface area contributed by atoms with E-state index in [1.54, 1.807) is 0 Å². The molecule has 27 heavy (non-hydrogen) atoms. The summed E-state index contributed by atoms with van der Waals surface area (Å²) in [5.74, 6) is 0.377. The van der Waals surface area contributed by atoms with E-state index in [9.17, 15) is 4.55 Å². The normalized spacial score (nSPS) is 16.0. The van der Waals surface area contributed by atoms with Crippen LogP contribution in [0.1, 0.15) is 30.5 Å². The highest BCUT2D eigenvalue weighted by Crippen LogP contribution is 2.29. The summed E-state index contributed by atoms with van der Waals surface area (Å²) in [5, 5.41) is 3.46. The van der Waals surface area contributed by atoms with Crippen molar-refractivity contribution in [2.24, 2.45) is 5.92 Å². The van der Waals surface area contributed by atoms with Gasteiger partial charge in [0.2, 0.25) is 0 Å². The topological polar surface area (TPSA) is 50.4 Å². The van der Waals surface area contributed by atoms with Crippen LogP contribution in [0, 0.1) is 26.7 Å². The van der Waals surface area contributed by atoms with Gasteiger partial charge in [-0.3, -0.25) is 0 Å². The Kier molecular flexibility index (Phi) is 6.35. The molecule has 1 heterocycles. The van der Waals surface area contributed by atoms with Gasteiger partial charge in [-0.05, 0) is 38.8 Å². The van der Waals surface area contributed by atoms with Crippen molar-refractivity contribution in [3.63, 3.8) is 0 Å². The highest BCUT2D eigenvalue weighted by Gasteiger charge is 2.28. The van der Waals surface area contributed by atoms with Gasteiger partial charge in [0.25, 0.3) is 0 Å². The van der Waals surface area contributed by atoms with Crippen LogP contribution in [0.25, 0.3) is 0 Å². The Morgan fingerprint density at radius 2 is 1.81 bits per heavy atom. The number of hydrogen-bond donors (Lipinski definition) is 2. The number of hydrogen-bond acceptors (Lipinski definition) is 4. The monoisotopic (exact) mass is 385 g/mol. The summed E-state index contributed by atoms with van der Waals surface area (Å²) in [6.45, 7) is 13.3. The number of benzene rings is 2. The Morgan fingerprint density at radius 1 is 1.15 bits per heavy atom. The molecule has 0 saturated carbocycles. The van der Waals surface area contributed by atoms with Gasteiger partial charge in [0.1, 0.15) is 0 Å². The van der Waals surface area contributed by atoms with E-state index in [0.29, 0.717) is 5.92 Å². The fourth-order valence-electron chi connectivity index (χ4n) is 3.81. The van der Waals surface area contributed by atoms with Gasteiger partial charge in [0.15, 0.2) is 4.90 Å². The second-order valence-corrected chi connectivity index (χ2v) is 9.04. The first-order valence-electron chi connectivity index (χ1n) is 9.70. The molecule has 2 aromatic rings. The second-order valence-electron chi connectivity index (χ2n) is 7.85. The SMILES string of the molecule is Cc1cc(C)c([S+]([O-])NC(CN2CCNc3ccccc32)C(C)C)c(C)c1. The third-order valence-electron chi connectivity index (χ3n) is 5.21. The van der Waals surface area contributed by atoms with E-state index in [2.05, 4.69) is 72.1 Å². The fourth-order valence-corrected chi connectivity index (χ4v) is 5.25. The molecule has 0 amide bonds. The quantitative estimate of drug-likeness (QED) is 0.733. The lowest BCUT2D eigenvalue weighted by molar-refractivity contribution is 0.443. The zero-order valence-electron chi connectivity index (χ0n) is 17.0. The van der Waals surface area contributed by atoms with Gasteiger partial charge in [0, 0.05) is 30.8 Å². The van der Waals surface area contributed by atoms with Gasteiger partial charge in [0.05, 0.1) is 28.8 Å². The van der Waals surface area contributed by atoms with Crippen molar-refractivity contribution in [3.05, 3.63) is 53.1 Å². The van der Waals surface area contributed by atoms with E-state index >= 15 is 0 Å². The molecule has 2 aromatic carbocycles. The molecule has 0 saturated heterocycles. The van der Waals surface area contributed by atoms with E-state index in [1.807, 2.05) is 13.8 Å². The summed E-state index contributed by atoms with van der Waals surface area (Å²) < 4.78 is 16.6. The van der Waals surface area contributed by atoms with Gasteiger partial charge < -0.3 is 14.8 Å². The van der Waals surface area contributed by atoms with E-state index < -0.39 is 11.4 Å². The van der Waals surface area contributed by atoms with Crippen molar-refractivity contribution in [3.8, 4) is 0 Å². The molecule has 0 aliphatic carbocycles. The van der Waals surface area contributed by atoms with E-state index in [1.165, 1.54) is 16.9 Å². The molecule has 0 radical (unpaired) electrons. The minimum atomic E-state index is -1.22. The van der Waals surface area contributed by atoms with Crippen molar-refractivity contribution in [1.29, 1.82) is 0 Å². The van der Waals surface area contributed by atoms with Crippen molar-refractivity contribution in [1.82, 2.24) is 4.72 Å². The molecule has 0 aromatic heterocycles. The van der Waals surface area contributed by atoms with Crippen LogP contribution in [0.3, 0.4) is 0 Å². The van der Waals surface area contributed by atoms with E-state index in [0.717, 1.165) is 35.7 Å².